The molecule has 0 aliphatic rings. The molecule has 11 nitrogen and oxygen atoms in total. The van der Waals surface area contributed by atoms with Crippen molar-refractivity contribution in [3.63, 3.8) is 0 Å². The van der Waals surface area contributed by atoms with E-state index < -0.39 is 34.1 Å². The smallest absolute Gasteiger partial charge is 0.265 e. The van der Waals surface area contributed by atoms with Crippen molar-refractivity contribution < 1.29 is 37.0 Å². The van der Waals surface area contributed by atoms with Crippen LogP contribution in [0.4, 0.5) is 5.69 Å². The van der Waals surface area contributed by atoms with Crippen molar-refractivity contribution in [2.45, 2.75) is 50.2 Å². The molecule has 0 heterocycles. The molecule has 0 aliphatic heterocycles. The van der Waals surface area contributed by atoms with Crippen molar-refractivity contribution in [2.24, 2.45) is 0 Å². The summed E-state index contributed by atoms with van der Waals surface area (Å²) in [5.41, 5.74) is 1.00. The quantitative estimate of drug-likeness (QED) is 0.151. The summed E-state index contributed by atoms with van der Waals surface area (Å²) in [4.78, 5) is 30.3. The SMILES string of the molecule is COc1ccc(OC)c(N(CC(=O)N(Cc2ccc(Br)cc2)C(Cc2ccccc2)C(=O)NC(C)(C)C)S(=O)(=O)c2ccc(OC)c(OC)c2)c1. The molecule has 0 spiro atoms. The van der Waals surface area contributed by atoms with Crippen LogP contribution in [0.5, 0.6) is 23.0 Å². The van der Waals surface area contributed by atoms with E-state index in [2.05, 4.69) is 21.2 Å². The van der Waals surface area contributed by atoms with Crippen LogP contribution in [0.1, 0.15) is 31.9 Å². The summed E-state index contributed by atoms with van der Waals surface area (Å²) in [5, 5.41) is 3.03. The highest BCUT2D eigenvalue weighted by molar-refractivity contribution is 9.10. The Kier molecular flexibility index (Phi) is 13.0. The van der Waals surface area contributed by atoms with E-state index in [9.17, 15) is 18.0 Å². The van der Waals surface area contributed by atoms with E-state index in [1.807, 2.05) is 75.4 Å². The third-order valence-corrected chi connectivity index (χ3v) is 10.2. The fourth-order valence-electron chi connectivity index (χ4n) is 5.40. The molecule has 13 heteroatoms. The van der Waals surface area contributed by atoms with Crippen LogP contribution in [-0.4, -0.2) is 71.7 Å². The molecule has 4 aromatic rings. The van der Waals surface area contributed by atoms with E-state index >= 15 is 0 Å². The van der Waals surface area contributed by atoms with Crippen LogP contribution in [0, 0.1) is 0 Å². The lowest BCUT2D eigenvalue weighted by molar-refractivity contribution is -0.140. The molecule has 4 aromatic carbocycles. The lowest BCUT2D eigenvalue weighted by Crippen LogP contribution is -2.56. The number of hydrogen-bond acceptors (Lipinski definition) is 8. The lowest BCUT2D eigenvalue weighted by Gasteiger charge is -2.35. The number of carbonyl (C=O) groups excluding carboxylic acids is 2. The van der Waals surface area contributed by atoms with Crippen LogP contribution in [0.2, 0.25) is 0 Å². The van der Waals surface area contributed by atoms with Crippen molar-refractivity contribution in [3.05, 3.63) is 107 Å². The number of nitrogens with zero attached hydrogens (tertiary/aromatic N) is 2. The Morgan fingerprint density at radius 1 is 0.765 bits per heavy atom. The maximum atomic E-state index is 14.9. The van der Waals surface area contributed by atoms with Gasteiger partial charge in [-0.05, 0) is 68.3 Å². The number of ether oxygens (including phenoxy) is 4. The van der Waals surface area contributed by atoms with Crippen molar-refractivity contribution in [3.8, 4) is 23.0 Å². The normalized spacial score (nSPS) is 12.0. The molecule has 0 saturated carbocycles. The van der Waals surface area contributed by atoms with Crippen LogP contribution < -0.4 is 28.6 Å². The third-order valence-electron chi connectivity index (χ3n) is 7.91. The molecule has 0 fully saturated rings. The molecule has 4 rings (SSSR count). The number of methoxy groups -OCH3 is 4. The maximum absolute atomic E-state index is 14.9. The average Bonchev–Trinajstić information content (AvgIpc) is 3.11. The van der Waals surface area contributed by atoms with Gasteiger partial charge in [0.15, 0.2) is 11.5 Å². The predicted octanol–water partition coefficient (Wildman–Crippen LogP) is 6.23. The van der Waals surface area contributed by atoms with Gasteiger partial charge in [0, 0.05) is 35.1 Å². The second-order valence-electron chi connectivity index (χ2n) is 12.7. The van der Waals surface area contributed by atoms with Crippen molar-refractivity contribution in [1.29, 1.82) is 0 Å². The first-order valence-electron chi connectivity index (χ1n) is 16.1. The Bertz CT molecular complexity index is 1920. The van der Waals surface area contributed by atoms with Crippen molar-refractivity contribution in [1.82, 2.24) is 10.2 Å². The van der Waals surface area contributed by atoms with Crippen LogP contribution in [0.3, 0.4) is 0 Å². The number of rotatable bonds is 15. The molecular weight excluding hydrogens is 738 g/mol. The first-order chi connectivity index (χ1) is 24.2. The zero-order valence-electron chi connectivity index (χ0n) is 29.8. The van der Waals surface area contributed by atoms with E-state index in [0.29, 0.717) is 11.5 Å². The van der Waals surface area contributed by atoms with Gasteiger partial charge in [-0.2, -0.15) is 0 Å². The molecule has 1 atom stereocenters. The van der Waals surface area contributed by atoms with E-state index in [-0.39, 0.29) is 41.0 Å². The van der Waals surface area contributed by atoms with Crippen LogP contribution >= 0.6 is 15.9 Å². The molecule has 0 bridgehead atoms. The summed E-state index contributed by atoms with van der Waals surface area (Å²) >= 11 is 3.46. The Morgan fingerprint density at radius 2 is 1.39 bits per heavy atom. The molecule has 0 aliphatic carbocycles. The largest absolute Gasteiger partial charge is 0.497 e. The van der Waals surface area contributed by atoms with Gasteiger partial charge in [0.2, 0.25) is 11.8 Å². The molecule has 1 unspecified atom stereocenters. The Hall–Kier alpha value is -4.75. The Morgan fingerprint density at radius 3 is 1.98 bits per heavy atom. The van der Waals surface area contributed by atoms with Gasteiger partial charge in [0.25, 0.3) is 10.0 Å². The van der Waals surface area contributed by atoms with E-state index in [0.717, 1.165) is 19.9 Å². The number of benzene rings is 4. The topological polar surface area (TPSA) is 124 Å². The third kappa shape index (κ3) is 9.95. The minimum atomic E-state index is -4.50. The average molecular weight is 783 g/mol. The summed E-state index contributed by atoms with van der Waals surface area (Å²) in [6.45, 7) is 4.90. The molecule has 0 radical (unpaired) electrons. The van der Waals surface area contributed by atoms with Gasteiger partial charge >= 0.3 is 0 Å². The second-order valence-corrected chi connectivity index (χ2v) is 15.4. The summed E-state index contributed by atoms with van der Waals surface area (Å²) in [6.07, 6.45) is 0.177. The van der Waals surface area contributed by atoms with E-state index in [1.165, 1.54) is 57.6 Å². The highest BCUT2D eigenvalue weighted by Gasteiger charge is 2.37. The maximum Gasteiger partial charge on any atom is 0.265 e. The second kappa shape index (κ2) is 17.0. The van der Waals surface area contributed by atoms with E-state index in [4.69, 9.17) is 18.9 Å². The standard InChI is InChI=1S/C38H44BrN3O8S/c1-38(2,3)40-37(44)32(21-26-11-9-8-10-12-26)41(24-27-13-15-28(39)16-14-27)36(43)25-42(31-22-29(47-4)17-19-33(31)48-5)51(45,46)30-18-20-34(49-6)35(23-30)50-7/h8-20,22-23,32H,21,24-25H2,1-7H3,(H,40,44). The summed E-state index contributed by atoms with van der Waals surface area (Å²) in [5.74, 6) is 0.0118. The molecule has 1 N–H and O–H groups in total. The summed E-state index contributed by atoms with van der Waals surface area (Å²) in [7, 11) is 1.20. The molecule has 272 valence electrons. The first kappa shape index (κ1) is 39.0. The molecule has 51 heavy (non-hydrogen) atoms. The van der Waals surface area contributed by atoms with E-state index in [1.54, 1.807) is 12.1 Å². The van der Waals surface area contributed by atoms with Gasteiger partial charge in [-0.25, -0.2) is 8.42 Å². The van der Waals surface area contributed by atoms with Gasteiger partial charge in [-0.15, -0.1) is 0 Å². The minimum Gasteiger partial charge on any atom is -0.497 e. The zero-order chi connectivity index (χ0) is 37.3. The monoisotopic (exact) mass is 781 g/mol. The van der Waals surface area contributed by atoms with Crippen molar-refractivity contribution >= 4 is 43.5 Å². The van der Waals surface area contributed by atoms with Gasteiger partial charge in [-0.3, -0.25) is 13.9 Å². The minimum absolute atomic E-state index is 0.0146. The highest BCUT2D eigenvalue weighted by Crippen LogP contribution is 2.38. The summed E-state index contributed by atoms with van der Waals surface area (Å²) < 4.78 is 53.0. The number of nitrogens with one attached hydrogen (secondary N) is 1. The van der Waals surface area contributed by atoms with Gasteiger partial charge < -0.3 is 29.2 Å². The fourth-order valence-corrected chi connectivity index (χ4v) is 7.10. The molecule has 0 saturated heterocycles. The number of halogens is 1. The van der Waals surface area contributed by atoms with Gasteiger partial charge in [-0.1, -0.05) is 58.4 Å². The van der Waals surface area contributed by atoms with Crippen LogP contribution in [0.15, 0.2) is 100 Å². The lowest BCUT2D eigenvalue weighted by atomic mass is 10.0. The highest BCUT2D eigenvalue weighted by atomic mass is 79.9. The van der Waals surface area contributed by atoms with Crippen molar-refractivity contribution in [2.75, 3.05) is 39.3 Å². The zero-order valence-corrected chi connectivity index (χ0v) is 32.2. The van der Waals surface area contributed by atoms with Crippen LogP contribution in [-0.2, 0) is 32.6 Å². The molecule has 2 amide bonds. The number of sulfonamides is 1. The molecule has 0 aromatic heterocycles. The number of carbonyl (C=O) groups is 2. The summed E-state index contributed by atoms with van der Waals surface area (Å²) in [6, 6.07) is 24.6. The number of amides is 2. The Balaban J connectivity index is 1.91. The van der Waals surface area contributed by atoms with Crippen LogP contribution in [0.25, 0.3) is 0 Å². The predicted molar refractivity (Wildman–Crippen MR) is 200 cm³/mol. The number of hydrogen-bond donors (Lipinski definition) is 1. The van der Waals surface area contributed by atoms with Gasteiger partial charge in [0.1, 0.15) is 24.1 Å². The first-order valence-corrected chi connectivity index (χ1v) is 18.3. The fraction of sp³-hybridized carbons (Fsp3) is 0.316. The number of anilines is 1. The Labute approximate surface area is 308 Å². The van der Waals surface area contributed by atoms with Gasteiger partial charge in [0.05, 0.1) is 39.0 Å². The molecular formula is C38H44BrN3O8S.